The number of anilines is 1. The van der Waals surface area contributed by atoms with Gasteiger partial charge < -0.3 is 5.32 Å². The molecule has 0 aliphatic carbocycles. The maximum absolute atomic E-state index is 12.2. The molecule has 0 aliphatic heterocycles. The molecule has 0 bridgehead atoms. The van der Waals surface area contributed by atoms with Gasteiger partial charge in [-0.05, 0) is 30.3 Å². The van der Waals surface area contributed by atoms with Gasteiger partial charge in [0.1, 0.15) is 10.7 Å². The van der Waals surface area contributed by atoms with Crippen LogP contribution in [0.3, 0.4) is 0 Å². The summed E-state index contributed by atoms with van der Waals surface area (Å²) in [7, 11) is 0. The van der Waals surface area contributed by atoms with Crippen molar-refractivity contribution in [2.45, 2.75) is 0 Å². The Hall–Kier alpha value is -3.04. The summed E-state index contributed by atoms with van der Waals surface area (Å²) >= 11 is 1.40. The predicted molar refractivity (Wildman–Crippen MR) is 84.5 cm³/mol. The summed E-state index contributed by atoms with van der Waals surface area (Å²) in [6.45, 7) is 0. The monoisotopic (exact) mass is 306 g/mol. The summed E-state index contributed by atoms with van der Waals surface area (Å²) in [6.07, 6.45) is 3.37. The van der Waals surface area contributed by atoms with E-state index in [1.54, 1.807) is 42.0 Å². The van der Waals surface area contributed by atoms with Gasteiger partial charge in [0, 0.05) is 29.0 Å². The average molecular weight is 306 g/mol. The van der Waals surface area contributed by atoms with E-state index in [9.17, 15) is 4.79 Å². The molecule has 1 amide bonds. The SMILES string of the molecule is N#Cc1cccc(NC(=O)c2csc(-c3ccncc3)n2)c1. The normalized spacial score (nSPS) is 9.95. The molecule has 0 fully saturated rings. The van der Waals surface area contributed by atoms with Gasteiger partial charge in [0.25, 0.3) is 5.91 Å². The third kappa shape index (κ3) is 3.00. The van der Waals surface area contributed by atoms with Crippen molar-refractivity contribution in [1.82, 2.24) is 9.97 Å². The topological polar surface area (TPSA) is 78.7 Å². The van der Waals surface area contributed by atoms with Crippen LogP contribution in [0.15, 0.2) is 54.2 Å². The number of aromatic nitrogens is 2. The summed E-state index contributed by atoms with van der Waals surface area (Å²) in [5.41, 5.74) is 2.33. The minimum Gasteiger partial charge on any atom is -0.321 e. The summed E-state index contributed by atoms with van der Waals surface area (Å²) in [5.74, 6) is -0.299. The molecule has 3 aromatic rings. The van der Waals surface area contributed by atoms with E-state index in [2.05, 4.69) is 15.3 Å². The van der Waals surface area contributed by atoms with Crippen LogP contribution >= 0.6 is 11.3 Å². The second-order valence-corrected chi connectivity index (χ2v) is 5.28. The molecule has 0 spiro atoms. The molecule has 106 valence electrons. The molecule has 0 unspecified atom stereocenters. The first-order valence-corrected chi connectivity index (χ1v) is 7.31. The lowest BCUT2D eigenvalue weighted by Crippen LogP contribution is -2.12. The largest absolute Gasteiger partial charge is 0.321 e. The second-order valence-electron chi connectivity index (χ2n) is 4.42. The summed E-state index contributed by atoms with van der Waals surface area (Å²) in [6, 6.07) is 12.5. The molecule has 2 aromatic heterocycles. The molecule has 0 saturated heterocycles. The highest BCUT2D eigenvalue weighted by Crippen LogP contribution is 2.23. The van der Waals surface area contributed by atoms with Crippen molar-refractivity contribution in [3.8, 4) is 16.6 Å². The van der Waals surface area contributed by atoms with Crippen LogP contribution in [0.5, 0.6) is 0 Å². The summed E-state index contributed by atoms with van der Waals surface area (Å²) in [4.78, 5) is 20.5. The third-order valence-corrected chi connectivity index (χ3v) is 3.80. The van der Waals surface area contributed by atoms with Crippen molar-refractivity contribution in [3.63, 3.8) is 0 Å². The Morgan fingerprint density at radius 2 is 2.05 bits per heavy atom. The molecule has 22 heavy (non-hydrogen) atoms. The Kier molecular flexibility index (Phi) is 3.90. The molecule has 0 atom stereocenters. The van der Waals surface area contributed by atoms with Crippen molar-refractivity contribution in [3.05, 3.63) is 65.4 Å². The quantitative estimate of drug-likeness (QED) is 0.805. The number of carbonyl (C=O) groups excluding carboxylic acids is 1. The van der Waals surface area contributed by atoms with Gasteiger partial charge in [0.2, 0.25) is 0 Å². The number of pyridine rings is 1. The molecule has 6 heteroatoms. The fourth-order valence-electron chi connectivity index (χ4n) is 1.87. The minimum absolute atomic E-state index is 0.299. The Balaban J connectivity index is 1.79. The molecule has 2 heterocycles. The minimum atomic E-state index is -0.299. The van der Waals surface area contributed by atoms with E-state index in [0.717, 1.165) is 10.6 Å². The van der Waals surface area contributed by atoms with Crippen LogP contribution in [0.25, 0.3) is 10.6 Å². The third-order valence-electron chi connectivity index (χ3n) is 2.91. The number of thiazole rings is 1. The van der Waals surface area contributed by atoms with E-state index in [-0.39, 0.29) is 5.91 Å². The molecule has 5 nitrogen and oxygen atoms in total. The number of nitrogens with one attached hydrogen (secondary N) is 1. The maximum Gasteiger partial charge on any atom is 0.275 e. The number of nitriles is 1. The van der Waals surface area contributed by atoms with E-state index in [4.69, 9.17) is 5.26 Å². The maximum atomic E-state index is 12.2. The van der Waals surface area contributed by atoms with Crippen LogP contribution in [0, 0.1) is 11.3 Å². The first-order chi connectivity index (χ1) is 10.8. The fraction of sp³-hybridized carbons (Fsp3) is 0. The molecular formula is C16H10N4OS. The lowest BCUT2D eigenvalue weighted by Gasteiger charge is -2.03. The molecule has 0 radical (unpaired) electrons. The van der Waals surface area contributed by atoms with Crippen LogP contribution < -0.4 is 5.32 Å². The van der Waals surface area contributed by atoms with Gasteiger partial charge in [-0.15, -0.1) is 11.3 Å². The van der Waals surface area contributed by atoms with Gasteiger partial charge in [-0.1, -0.05) is 6.07 Å². The van der Waals surface area contributed by atoms with Crippen LogP contribution in [0.4, 0.5) is 5.69 Å². The Labute approximate surface area is 130 Å². The zero-order valence-corrected chi connectivity index (χ0v) is 12.2. The molecule has 0 aliphatic rings. The van der Waals surface area contributed by atoms with Gasteiger partial charge in [0.05, 0.1) is 11.6 Å². The highest BCUT2D eigenvalue weighted by Gasteiger charge is 2.12. The lowest BCUT2D eigenvalue weighted by atomic mass is 10.2. The van der Waals surface area contributed by atoms with Crippen molar-refractivity contribution in [2.75, 3.05) is 5.32 Å². The summed E-state index contributed by atoms with van der Waals surface area (Å²) in [5, 5.41) is 14.1. The van der Waals surface area contributed by atoms with Gasteiger partial charge in [0.15, 0.2) is 0 Å². The highest BCUT2D eigenvalue weighted by atomic mass is 32.1. The molecule has 1 N–H and O–H groups in total. The molecule has 3 rings (SSSR count). The van der Waals surface area contributed by atoms with E-state index >= 15 is 0 Å². The van der Waals surface area contributed by atoms with Crippen LogP contribution in [-0.2, 0) is 0 Å². The zero-order valence-electron chi connectivity index (χ0n) is 11.4. The van der Waals surface area contributed by atoms with E-state index in [1.807, 2.05) is 18.2 Å². The number of rotatable bonds is 3. The van der Waals surface area contributed by atoms with Gasteiger partial charge in [-0.2, -0.15) is 5.26 Å². The number of hydrogen-bond donors (Lipinski definition) is 1. The van der Waals surface area contributed by atoms with Crippen molar-refractivity contribution in [1.29, 1.82) is 5.26 Å². The smallest absolute Gasteiger partial charge is 0.275 e. The van der Waals surface area contributed by atoms with Gasteiger partial charge in [-0.25, -0.2) is 4.98 Å². The Morgan fingerprint density at radius 1 is 1.23 bits per heavy atom. The standard InChI is InChI=1S/C16H10N4OS/c17-9-11-2-1-3-13(8-11)19-15(21)14-10-22-16(20-14)12-4-6-18-7-5-12/h1-8,10H,(H,19,21). The van der Waals surface area contributed by atoms with E-state index in [1.165, 1.54) is 11.3 Å². The first-order valence-electron chi connectivity index (χ1n) is 6.44. The number of hydrogen-bond acceptors (Lipinski definition) is 5. The summed E-state index contributed by atoms with van der Waals surface area (Å²) < 4.78 is 0. The van der Waals surface area contributed by atoms with Gasteiger partial charge >= 0.3 is 0 Å². The molecular weight excluding hydrogens is 296 g/mol. The van der Waals surface area contributed by atoms with Gasteiger partial charge in [-0.3, -0.25) is 9.78 Å². The van der Waals surface area contributed by atoms with E-state index < -0.39 is 0 Å². The Morgan fingerprint density at radius 3 is 2.82 bits per heavy atom. The predicted octanol–water partition coefficient (Wildman–Crippen LogP) is 3.33. The Bertz CT molecular complexity index is 852. The highest BCUT2D eigenvalue weighted by molar-refractivity contribution is 7.13. The number of carbonyl (C=O) groups is 1. The molecule has 1 aromatic carbocycles. The van der Waals surface area contributed by atoms with Crippen LogP contribution in [-0.4, -0.2) is 15.9 Å². The van der Waals surface area contributed by atoms with Crippen LogP contribution in [0.1, 0.15) is 16.1 Å². The van der Waals surface area contributed by atoms with E-state index in [0.29, 0.717) is 16.9 Å². The average Bonchev–Trinajstić information content (AvgIpc) is 3.06. The molecule has 0 saturated carbocycles. The van der Waals surface area contributed by atoms with Crippen LogP contribution in [0.2, 0.25) is 0 Å². The number of benzene rings is 1. The van der Waals surface area contributed by atoms with Crippen molar-refractivity contribution >= 4 is 22.9 Å². The zero-order chi connectivity index (χ0) is 15.4. The van der Waals surface area contributed by atoms with Crippen molar-refractivity contribution in [2.24, 2.45) is 0 Å². The lowest BCUT2D eigenvalue weighted by molar-refractivity contribution is 0.102. The van der Waals surface area contributed by atoms with Crippen molar-refractivity contribution < 1.29 is 4.79 Å². The number of amides is 1. The first kappa shape index (κ1) is 13.9. The second kappa shape index (κ2) is 6.16. The fourth-order valence-corrected chi connectivity index (χ4v) is 2.67. The number of nitrogens with zero attached hydrogens (tertiary/aromatic N) is 3.